The zero-order chi connectivity index (χ0) is 17.4. The number of nitrogens with zero attached hydrogens (tertiary/aromatic N) is 1. The number of carbonyl (C=O) groups excluding carboxylic acids is 1. The summed E-state index contributed by atoms with van der Waals surface area (Å²) in [5.41, 5.74) is 1.50. The molecule has 0 aliphatic carbocycles. The molecule has 2 N–H and O–H groups in total. The summed E-state index contributed by atoms with van der Waals surface area (Å²) >= 11 is 0. The van der Waals surface area contributed by atoms with Gasteiger partial charge in [0.05, 0.1) is 13.7 Å². The molecule has 126 valence electrons. The Balaban J connectivity index is 1.95. The lowest BCUT2D eigenvalue weighted by molar-refractivity contribution is -0.116. The van der Waals surface area contributed by atoms with Crippen molar-refractivity contribution in [3.05, 3.63) is 53.7 Å². The number of benzene rings is 1. The highest BCUT2D eigenvalue weighted by molar-refractivity contribution is 5.91. The van der Waals surface area contributed by atoms with Gasteiger partial charge in [0.2, 0.25) is 11.8 Å². The number of rotatable bonds is 7. The average Bonchev–Trinajstić information content (AvgIpc) is 2.59. The van der Waals surface area contributed by atoms with Crippen molar-refractivity contribution in [2.75, 3.05) is 13.7 Å². The fraction of sp³-hybridized carbons (Fsp3) is 0.222. The SMILES string of the molecule is CCOc1ncccc1CNC(=O)/C=C/c1ccc(OC)c(O)c1. The van der Waals surface area contributed by atoms with Crippen LogP contribution in [0.15, 0.2) is 42.6 Å². The highest BCUT2D eigenvalue weighted by Crippen LogP contribution is 2.26. The van der Waals surface area contributed by atoms with E-state index in [-0.39, 0.29) is 11.7 Å². The first-order chi connectivity index (χ1) is 11.6. The Morgan fingerprint density at radius 2 is 2.21 bits per heavy atom. The first kappa shape index (κ1) is 17.3. The molecule has 0 saturated heterocycles. The maximum Gasteiger partial charge on any atom is 0.244 e. The molecule has 6 nitrogen and oxygen atoms in total. The Morgan fingerprint density at radius 1 is 1.38 bits per heavy atom. The minimum absolute atomic E-state index is 0.0248. The van der Waals surface area contributed by atoms with Crippen LogP contribution in [0.2, 0.25) is 0 Å². The highest BCUT2D eigenvalue weighted by Gasteiger charge is 2.05. The molecule has 0 bridgehead atoms. The number of aromatic nitrogens is 1. The number of ether oxygens (including phenoxy) is 2. The van der Waals surface area contributed by atoms with Gasteiger partial charge in [0.15, 0.2) is 11.5 Å². The van der Waals surface area contributed by atoms with Gasteiger partial charge in [-0.1, -0.05) is 12.1 Å². The van der Waals surface area contributed by atoms with Crippen LogP contribution in [0, 0.1) is 0 Å². The van der Waals surface area contributed by atoms with Gasteiger partial charge >= 0.3 is 0 Å². The number of amides is 1. The molecule has 1 aromatic carbocycles. The lowest BCUT2D eigenvalue weighted by atomic mass is 10.2. The van der Waals surface area contributed by atoms with Crippen molar-refractivity contribution in [3.8, 4) is 17.4 Å². The predicted octanol–water partition coefficient (Wildman–Crippen LogP) is 2.52. The quantitative estimate of drug-likeness (QED) is 0.763. The van der Waals surface area contributed by atoms with Gasteiger partial charge in [0.1, 0.15) is 0 Å². The Kier molecular flexibility index (Phi) is 6.19. The smallest absolute Gasteiger partial charge is 0.244 e. The third kappa shape index (κ3) is 4.74. The van der Waals surface area contributed by atoms with E-state index >= 15 is 0 Å². The molecular weight excluding hydrogens is 308 g/mol. The number of hydrogen-bond donors (Lipinski definition) is 2. The van der Waals surface area contributed by atoms with E-state index in [0.29, 0.717) is 30.3 Å². The van der Waals surface area contributed by atoms with Crippen LogP contribution in [-0.4, -0.2) is 29.7 Å². The molecule has 0 saturated carbocycles. The van der Waals surface area contributed by atoms with E-state index in [4.69, 9.17) is 9.47 Å². The van der Waals surface area contributed by atoms with Crippen LogP contribution in [0.4, 0.5) is 0 Å². The van der Waals surface area contributed by atoms with Gasteiger partial charge < -0.3 is 19.9 Å². The summed E-state index contributed by atoms with van der Waals surface area (Å²) in [5.74, 6) is 0.675. The Labute approximate surface area is 140 Å². The summed E-state index contributed by atoms with van der Waals surface area (Å²) in [4.78, 5) is 16.1. The minimum Gasteiger partial charge on any atom is -0.504 e. The van der Waals surface area contributed by atoms with Crippen molar-refractivity contribution in [2.24, 2.45) is 0 Å². The van der Waals surface area contributed by atoms with Crippen molar-refractivity contribution in [1.29, 1.82) is 0 Å². The summed E-state index contributed by atoms with van der Waals surface area (Å²) in [6, 6.07) is 8.55. The molecule has 1 heterocycles. The molecule has 0 unspecified atom stereocenters. The molecule has 1 aromatic heterocycles. The topological polar surface area (TPSA) is 80.7 Å². The highest BCUT2D eigenvalue weighted by atomic mass is 16.5. The fourth-order valence-corrected chi connectivity index (χ4v) is 2.05. The maximum absolute atomic E-state index is 11.9. The molecule has 1 amide bonds. The number of hydrogen-bond acceptors (Lipinski definition) is 5. The number of phenols is 1. The normalized spacial score (nSPS) is 10.6. The zero-order valence-electron chi connectivity index (χ0n) is 13.7. The van der Waals surface area contributed by atoms with Crippen LogP contribution in [0.25, 0.3) is 6.08 Å². The van der Waals surface area contributed by atoms with Crippen LogP contribution < -0.4 is 14.8 Å². The van der Waals surface area contributed by atoms with Gasteiger partial charge in [0, 0.05) is 24.4 Å². The molecule has 0 spiro atoms. The lowest BCUT2D eigenvalue weighted by Gasteiger charge is -2.08. The van der Waals surface area contributed by atoms with Crippen LogP contribution in [0.1, 0.15) is 18.1 Å². The van der Waals surface area contributed by atoms with Gasteiger partial charge in [-0.3, -0.25) is 4.79 Å². The van der Waals surface area contributed by atoms with Gasteiger partial charge in [-0.2, -0.15) is 0 Å². The van der Waals surface area contributed by atoms with Crippen LogP contribution in [-0.2, 0) is 11.3 Å². The van der Waals surface area contributed by atoms with E-state index in [1.165, 1.54) is 19.3 Å². The fourth-order valence-electron chi connectivity index (χ4n) is 2.05. The molecule has 6 heteroatoms. The Morgan fingerprint density at radius 3 is 2.92 bits per heavy atom. The van der Waals surface area contributed by atoms with E-state index in [0.717, 1.165) is 5.56 Å². The number of aromatic hydroxyl groups is 1. The molecule has 2 rings (SSSR count). The molecule has 0 radical (unpaired) electrons. The van der Waals surface area contributed by atoms with Crippen LogP contribution in [0.3, 0.4) is 0 Å². The summed E-state index contributed by atoms with van der Waals surface area (Å²) in [5, 5.41) is 12.5. The number of pyridine rings is 1. The molecular formula is C18H20N2O4. The standard InChI is InChI=1S/C18H20N2O4/c1-3-24-18-14(5-4-10-19-18)12-20-17(22)9-7-13-6-8-16(23-2)15(21)11-13/h4-11,21H,3,12H2,1-2H3,(H,20,22)/b9-7+. The predicted molar refractivity (Wildman–Crippen MR) is 90.9 cm³/mol. The third-order valence-corrected chi connectivity index (χ3v) is 3.21. The van der Waals surface area contributed by atoms with Crippen molar-refractivity contribution in [1.82, 2.24) is 10.3 Å². The molecule has 0 aliphatic heterocycles. The minimum atomic E-state index is -0.253. The van der Waals surface area contributed by atoms with Gasteiger partial charge in [0.25, 0.3) is 0 Å². The van der Waals surface area contributed by atoms with E-state index in [2.05, 4.69) is 10.3 Å². The van der Waals surface area contributed by atoms with Crippen molar-refractivity contribution < 1.29 is 19.4 Å². The van der Waals surface area contributed by atoms with Gasteiger partial charge in [-0.05, 0) is 36.8 Å². The molecule has 2 aromatic rings. The molecule has 0 aliphatic rings. The summed E-state index contributed by atoms with van der Waals surface area (Å²) in [7, 11) is 1.48. The second-order valence-electron chi connectivity index (χ2n) is 4.88. The number of methoxy groups -OCH3 is 1. The van der Waals surface area contributed by atoms with Gasteiger partial charge in [-0.25, -0.2) is 4.98 Å². The largest absolute Gasteiger partial charge is 0.504 e. The summed E-state index contributed by atoms with van der Waals surface area (Å²) in [6.45, 7) is 2.71. The van der Waals surface area contributed by atoms with Gasteiger partial charge in [-0.15, -0.1) is 0 Å². The zero-order valence-corrected chi connectivity index (χ0v) is 13.7. The second kappa shape index (κ2) is 8.57. The monoisotopic (exact) mass is 328 g/mol. The maximum atomic E-state index is 11.9. The van der Waals surface area contributed by atoms with Crippen LogP contribution >= 0.6 is 0 Å². The van der Waals surface area contributed by atoms with Crippen molar-refractivity contribution >= 4 is 12.0 Å². The van der Waals surface area contributed by atoms with E-state index in [1.54, 1.807) is 30.5 Å². The summed E-state index contributed by atoms with van der Waals surface area (Å²) in [6.07, 6.45) is 4.66. The third-order valence-electron chi connectivity index (χ3n) is 3.21. The van der Waals surface area contributed by atoms with E-state index < -0.39 is 0 Å². The first-order valence-electron chi connectivity index (χ1n) is 7.53. The lowest BCUT2D eigenvalue weighted by Crippen LogP contribution is -2.20. The van der Waals surface area contributed by atoms with E-state index in [1.807, 2.05) is 13.0 Å². The molecule has 24 heavy (non-hydrogen) atoms. The van der Waals surface area contributed by atoms with E-state index in [9.17, 15) is 9.90 Å². The first-order valence-corrected chi connectivity index (χ1v) is 7.53. The Hall–Kier alpha value is -3.02. The van der Waals surface area contributed by atoms with Crippen molar-refractivity contribution in [3.63, 3.8) is 0 Å². The number of phenolic OH excluding ortho intramolecular Hbond substituents is 1. The Bertz CT molecular complexity index is 729. The average molecular weight is 328 g/mol. The molecule has 0 fully saturated rings. The number of nitrogens with one attached hydrogen (secondary N) is 1. The number of carbonyl (C=O) groups is 1. The second-order valence-corrected chi connectivity index (χ2v) is 4.88. The summed E-state index contributed by atoms with van der Waals surface area (Å²) < 4.78 is 10.4. The molecule has 0 atom stereocenters. The van der Waals surface area contributed by atoms with Crippen LogP contribution in [0.5, 0.6) is 17.4 Å². The van der Waals surface area contributed by atoms with Crippen molar-refractivity contribution in [2.45, 2.75) is 13.5 Å².